The zero-order chi connectivity index (χ0) is 12.7. The van der Waals surface area contributed by atoms with Crippen molar-refractivity contribution in [3.05, 3.63) is 27.2 Å². The molecule has 0 aromatic heterocycles. The van der Waals surface area contributed by atoms with Gasteiger partial charge in [0.15, 0.2) is 13.1 Å². The molecule has 0 radical (unpaired) electrons. The van der Waals surface area contributed by atoms with Gasteiger partial charge in [0, 0.05) is 12.1 Å². The van der Waals surface area contributed by atoms with E-state index in [1.807, 2.05) is 0 Å². The number of rotatable bonds is 7. The lowest BCUT2D eigenvalue weighted by Gasteiger charge is -2.11. The van der Waals surface area contributed by atoms with Crippen molar-refractivity contribution >= 4 is 33.8 Å². The van der Waals surface area contributed by atoms with Crippen LogP contribution in [0.4, 0.5) is 0 Å². The predicted molar refractivity (Wildman–Crippen MR) is 67.9 cm³/mol. The minimum absolute atomic E-state index is 0.0461. The van der Waals surface area contributed by atoms with Crippen LogP contribution in [0, 0.1) is 0 Å². The van der Waals surface area contributed by atoms with Gasteiger partial charge < -0.3 is 14.2 Å². The van der Waals surface area contributed by atoms with Crippen LogP contribution in [0.3, 0.4) is 0 Å². The van der Waals surface area contributed by atoms with Crippen molar-refractivity contribution in [2.75, 3.05) is 27.1 Å². The van der Waals surface area contributed by atoms with Crippen molar-refractivity contribution in [3.8, 4) is 5.75 Å². The predicted octanol–water partition coefficient (Wildman–Crippen LogP) is 2.91. The fraction of sp³-hybridized carbons (Fsp3) is 0.364. The van der Waals surface area contributed by atoms with Crippen LogP contribution in [0.15, 0.2) is 16.6 Å². The molecule has 0 atom stereocenters. The topological polar surface area (TPSA) is 44.8 Å². The van der Waals surface area contributed by atoms with Gasteiger partial charge in [-0.15, -0.1) is 0 Å². The smallest absolute Gasteiger partial charge is 0.189 e. The summed E-state index contributed by atoms with van der Waals surface area (Å²) >= 11 is 9.08. The quantitative estimate of drug-likeness (QED) is 0.440. The molecule has 0 saturated carbocycles. The van der Waals surface area contributed by atoms with Crippen molar-refractivity contribution in [3.63, 3.8) is 0 Å². The third-order valence-electron chi connectivity index (χ3n) is 1.88. The molecule has 94 valence electrons. The fourth-order valence-corrected chi connectivity index (χ4v) is 2.07. The lowest BCUT2D eigenvalue weighted by molar-refractivity contribution is -0.00899. The van der Waals surface area contributed by atoms with Crippen molar-refractivity contribution < 1.29 is 19.0 Å². The van der Waals surface area contributed by atoms with E-state index in [1.165, 1.54) is 6.07 Å². The van der Waals surface area contributed by atoms with E-state index in [2.05, 4.69) is 15.9 Å². The van der Waals surface area contributed by atoms with Gasteiger partial charge in [-0.3, -0.25) is 4.79 Å². The highest BCUT2D eigenvalue weighted by atomic mass is 79.9. The fourth-order valence-electron chi connectivity index (χ4n) is 1.12. The Morgan fingerprint density at radius 3 is 2.82 bits per heavy atom. The molecule has 0 fully saturated rings. The molecule has 4 nitrogen and oxygen atoms in total. The van der Waals surface area contributed by atoms with E-state index in [9.17, 15) is 4.79 Å². The molecule has 1 aromatic carbocycles. The second kappa shape index (κ2) is 7.66. The van der Waals surface area contributed by atoms with Crippen LogP contribution in [0.1, 0.15) is 10.4 Å². The van der Waals surface area contributed by atoms with Gasteiger partial charge in [0.2, 0.25) is 0 Å². The average molecular weight is 324 g/mol. The maximum absolute atomic E-state index is 10.8. The first kappa shape index (κ1) is 14.4. The normalized spacial score (nSPS) is 10.3. The molecular weight excluding hydrogens is 311 g/mol. The summed E-state index contributed by atoms with van der Waals surface area (Å²) in [6.45, 7) is 0.967. The Hall–Kier alpha value is -0.620. The Kier molecular flexibility index (Phi) is 6.50. The van der Waals surface area contributed by atoms with Gasteiger partial charge in [-0.1, -0.05) is 11.6 Å². The lowest BCUT2D eigenvalue weighted by atomic mass is 10.2. The van der Waals surface area contributed by atoms with Gasteiger partial charge >= 0.3 is 0 Å². The second-order valence-corrected chi connectivity index (χ2v) is 4.38. The average Bonchev–Trinajstić information content (AvgIpc) is 2.30. The molecule has 17 heavy (non-hydrogen) atoms. The molecule has 1 rings (SSSR count). The Balaban J connectivity index is 2.60. The molecule has 0 aliphatic carbocycles. The van der Waals surface area contributed by atoms with Gasteiger partial charge in [0.05, 0.1) is 23.2 Å². The van der Waals surface area contributed by atoms with E-state index < -0.39 is 0 Å². The number of hydrogen-bond acceptors (Lipinski definition) is 4. The highest BCUT2D eigenvalue weighted by Crippen LogP contribution is 2.31. The number of methoxy groups -OCH3 is 1. The first-order valence-electron chi connectivity index (χ1n) is 4.82. The van der Waals surface area contributed by atoms with Crippen LogP contribution in [-0.4, -0.2) is 33.4 Å². The third-order valence-corrected chi connectivity index (χ3v) is 2.69. The first-order valence-corrected chi connectivity index (χ1v) is 6.00. The summed E-state index contributed by atoms with van der Waals surface area (Å²) in [6.07, 6.45) is 0.682. The SMILES string of the molecule is COCCOCOc1c(Br)cc(Cl)cc1C=O. The Bertz CT molecular complexity index is 384. The van der Waals surface area contributed by atoms with E-state index in [4.69, 9.17) is 25.8 Å². The third kappa shape index (κ3) is 4.63. The van der Waals surface area contributed by atoms with Gasteiger partial charge in [-0.2, -0.15) is 0 Å². The zero-order valence-corrected chi connectivity index (χ0v) is 11.6. The van der Waals surface area contributed by atoms with Crippen LogP contribution in [0.25, 0.3) is 0 Å². The number of hydrogen-bond donors (Lipinski definition) is 0. The molecule has 1 aromatic rings. The maximum Gasteiger partial charge on any atom is 0.189 e. The molecule has 0 amide bonds. The van der Waals surface area contributed by atoms with Gasteiger partial charge in [-0.25, -0.2) is 0 Å². The van der Waals surface area contributed by atoms with Crippen LogP contribution in [-0.2, 0) is 9.47 Å². The van der Waals surface area contributed by atoms with Gasteiger partial charge in [-0.05, 0) is 28.1 Å². The molecule has 0 aliphatic rings. The van der Waals surface area contributed by atoms with Crippen molar-refractivity contribution in [1.82, 2.24) is 0 Å². The van der Waals surface area contributed by atoms with E-state index in [0.29, 0.717) is 40.3 Å². The monoisotopic (exact) mass is 322 g/mol. The van der Waals surface area contributed by atoms with E-state index in [0.717, 1.165) is 0 Å². The summed E-state index contributed by atoms with van der Waals surface area (Å²) < 4.78 is 15.9. The van der Waals surface area contributed by atoms with Crippen LogP contribution >= 0.6 is 27.5 Å². The van der Waals surface area contributed by atoms with Crippen LogP contribution in [0.2, 0.25) is 5.02 Å². The maximum atomic E-state index is 10.8. The highest BCUT2D eigenvalue weighted by molar-refractivity contribution is 9.10. The number of aldehydes is 1. The van der Waals surface area contributed by atoms with Crippen molar-refractivity contribution in [2.24, 2.45) is 0 Å². The second-order valence-electron chi connectivity index (χ2n) is 3.09. The standard InChI is InChI=1S/C11H12BrClO4/c1-15-2-3-16-7-17-11-8(6-14)4-9(13)5-10(11)12/h4-6H,2-3,7H2,1H3. The molecule has 0 bridgehead atoms. The van der Waals surface area contributed by atoms with Crippen molar-refractivity contribution in [1.29, 1.82) is 0 Å². The van der Waals surface area contributed by atoms with E-state index >= 15 is 0 Å². The summed E-state index contributed by atoms with van der Waals surface area (Å²) in [5, 5.41) is 0.464. The molecule has 0 spiro atoms. The van der Waals surface area contributed by atoms with Gasteiger partial charge in [0.25, 0.3) is 0 Å². The largest absolute Gasteiger partial charge is 0.466 e. The van der Waals surface area contributed by atoms with E-state index in [-0.39, 0.29) is 6.79 Å². The number of ether oxygens (including phenoxy) is 3. The summed E-state index contributed by atoms with van der Waals surface area (Å²) in [6, 6.07) is 3.18. The first-order chi connectivity index (χ1) is 8.19. The molecule has 0 N–H and O–H groups in total. The van der Waals surface area contributed by atoms with Crippen molar-refractivity contribution in [2.45, 2.75) is 0 Å². The van der Waals surface area contributed by atoms with Crippen LogP contribution < -0.4 is 4.74 Å². The summed E-state index contributed by atoms with van der Waals surface area (Å²) in [5.41, 5.74) is 0.375. The number of carbonyl (C=O) groups is 1. The molecule has 0 aliphatic heterocycles. The number of carbonyl (C=O) groups excluding carboxylic acids is 1. The highest BCUT2D eigenvalue weighted by Gasteiger charge is 2.09. The Morgan fingerprint density at radius 1 is 1.41 bits per heavy atom. The van der Waals surface area contributed by atoms with E-state index in [1.54, 1.807) is 13.2 Å². The minimum atomic E-state index is 0.0461. The zero-order valence-electron chi connectivity index (χ0n) is 9.24. The molecule has 0 heterocycles. The summed E-state index contributed by atoms with van der Waals surface area (Å²) in [4.78, 5) is 10.8. The molecule has 6 heteroatoms. The summed E-state index contributed by atoms with van der Waals surface area (Å²) in [7, 11) is 1.59. The summed E-state index contributed by atoms with van der Waals surface area (Å²) in [5.74, 6) is 0.418. The lowest BCUT2D eigenvalue weighted by Crippen LogP contribution is -2.09. The Morgan fingerprint density at radius 2 is 2.18 bits per heavy atom. The number of benzene rings is 1. The Labute approximate surface area is 113 Å². The van der Waals surface area contributed by atoms with Gasteiger partial charge in [0.1, 0.15) is 5.75 Å². The molecule has 0 saturated heterocycles. The minimum Gasteiger partial charge on any atom is -0.466 e. The van der Waals surface area contributed by atoms with Crippen LogP contribution in [0.5, 0.6) is 5.75 Å². The molecule has 0 unspecified atom stereocenters. The molecular formula is C11H12BrClO4. The number of halogens is 2.